The van der Waals surface area contributed by atoms with Gasteiger partial charge in [0, 0.05) is 25.6 Å². The number of hydrazine groups is 1. The first-order valence-corrected chi connectivity index (χ1v) is 7.31. The zero-order valence-corrected chi connectivity index (χ0v) is 14.2. The molecule has 0 aliphatic carbocycles. The maximum Gasteiger partial charge on any atom is 0.250 e. The number of nitrogens with one attached hydrogen (secondary N) is 1. The van der Waals surface area contributed by atoms with Crippen LogP contribution in [-0.2, 0) is 4.79 Å². The summed E-state index contributed by atoms with van der Waals surface area (Å²) in [4.78, 5) is 24.3. The molecular formula is C13H23ClN6O. The number of aromatic nitrogens is 3. The smallest absolute Gasteiger partial charge is 0.250 e. The van der Waals surface area contributed by atoms with Gasteiger partial charge in [0.1, 0.15) is 0 Å². The van der Waals surface area contributed by atoms with Crippen LogP contribution in [0.3, 0.4) is 0 Å². The highest BCUT2D eigenvalue weighted by atomic mass is 35.5. The Morgan fingerprint density at radius 1 is 1.19 bits per heavy atom. The van der Waals surface area contributed by atoms with E-state index in [0.29, 0.717) is 25.0 Å². The maximum absolute atomic E-state index is 11.7. The van der Waals surface area contributed by atoms with Crippen LogP contribution in [0.2, 0.25) is 5.28 Å². The van der Waals surface area contributed by atoms with Crippen molar-refractivity contribution in [1.29, 1.82) is 0 Å². The van der Waals surface area contributed by atoms with E-state index in [2.05, 4.69) is 20.3 Å². The van der Waals surface area contributed by atoms with Crippen molar-refractivity contribution in [3.8, 4) is 0 Å². The maximum atomic E-state index is 11.7. The number of amides is 1. The second kappa shape index (κ2) is 6.89. The second-order valence-corrected chi connectivity index (χ2v) is 5.89. The molecule has 0 atom stereocenters. The number of anilines is 2. The summed E-state index contributed by atoms with van der Waals surface area (Å²) in [5.74, 6) is 0.651. The zero-order valence-electron chi connectivity index (χ0n) is 13.4. The first-order chi connectivity index (χ1) is 9.67. The molecule has 0 aliphatic rings. The van der Waals surface area contributed by atoms with E-state index in [1.807, 2.05) is 34.6 Å². The zero-order chi connectivity index (χ0) is 16.2. The fourth-order valence-corrected chi connectivity index (χ4v) is 1.99. The summed E-state index contributed by atoms with van der Waals surface area (Å²) in [6.45, 7) is 12.4. The van der Waals surface area contributed by atoms with E-state index >= 15 is 0 Å². The van der Waals surface area contributed by atoms with Crippen molar-refractivity contribution in [3.05, 3.63) is 5.28 Å². The predicted octanol–water partition coefficient (Wildman–Crippen LogP) is 2.35. The fourth-order valence-electron chi connectivity index (χ4n) is 1.83. The largest absolute Gasteiger partial charge is 0.349 e. The minimum Gasteiger partial charge on any atom is -0.349 e. The Morgan fingerprint density at radius 2 is 1.81 bits per heavy atom. The van der Waals surface area contributed by atoms with Gasteiger partial charge in [-0.1, -0.05) is 0 Å². The highest BCUT2D eigenvalue weighted by Crippen LogP contribution is 2.18. The summed E-state index contributed by atoms with van der Waals surface area (Å²) in [7, 11) is 0. The fraction of sp³-hybridized carbons (Fsp3) is 0.692. The molecule has 0 saturated heterocycles. The molecule has 0 unspecified atom stereocenters. The van der Waals surface area contributed by atoms with E-state index in [-0.39, 0.29) is 16.7 Å². The molecule has 1 aromatic heterocycles. The Balaban J connectivity index is 3.18. The van der Waals surface area contributed by atoms with Gasteiger partial charge in [-0.25, -0.2) is 5.01 Å². The molecule has 1 rings (SSSR count). The van der Waals surface area contributed by atoms with Gasteiger partial charge < -0.3 is 5.32 Å². The number of hydrogen-bond acceptors (Lipinski definition) is 6. The molecule has 7 nitrogen and oxygen atoms in total. The molecule has 0 saturated carbocycles. The van der Waals surface area contributed by atoms with Crippen molar-refractivity contribution in [1.82, 2.24) is 20.0 Å². The molecule has 0 spiro atoms. The van der Waals surface area contributed by atoms with Crippen LogP contribution in [0.5, 0.6) is 0 Å². The summed E-state index contributed by atoms with van der Waals surface area (Å²) in [5, 5.41) is 6.48. The molecule has 1 N–H and O–H groups in total. The Labute approximate surface area is 130 Å². The molecule has 21 heavy (non-hydrogen) atoms. The summed E-state index contributed by atoms with van der Waals surface area (Å²) in [5.41, 5.74) is -0.204. The third-order valence-corrected chi connectivity index (χ3v) is 2.74. The number of hydrogen-bond donors (Lipinski definition) is 1. The topological polar surface area (TPSA) is 74.2 Å². The van der Waals surface area contributed by atoms with Crippen molar-refractivity contribution < 1.29 is 4.79 Å². The molecule has 118 valence electrons. The van der Waals surface area contributed by atoms with Crippen LogP contribution in [0, 0.1) is 0 Å². The van der Waals surface area contributed by atoms with E-state index in [4.69, 9.17) is 11.6 Å². The van der Waals surface area contributed by atoms with Crippen molar-refractivity contribution in [3.63, 3.8) is 0 Å². The molecule has 1 amide bonds. The Kier molecular flexibility index (Phi) is 5.71. The van der Waals surface area contributed by atoms with E-state index in [0.717, 1.165) is 0 Å². The van der Waals surface area contributed by atoms with Gasteiger partial charge in [0.15, 0.2) is 0 Å². The second-order valence-electron chi connectivity index (χ2n) is 5.55. The van der Waals surface area contributed by atoms with Crippen LogP contribution in [0.15, 0.2) is 0 Å². The number of carbonyl (C=O) groups is 1. The van der Waals surface area contributed by atoms with Crippen molar-refractivity contribution >= 4 is 29.4 Å². The van der Waals surface area contributed by atoms with Gasteiger partial charge >= 0.3 is 0 Å². The van der Waals surface area contributed by atoms with E-state index in [1.165, 1.54) is 6.92 Å². The van der Waals surface area contributed by atoms with E-state index in [9.17, 15) is 4.79 Å². The molecular weight excluding hydrogens is 292 g/mol. The molecule has 1 heterocycles. The van der Waals surface area contributed by atoms with E-state index in [1.54, 1.807) is 10.0 Å². The summed E-state index contributed by atoms with van der Waals surface area (Å²) < 4.78 is 0. The van der Waals surface area contributed by atoms with Crippen LogP contribution in [0.4, 0.5) is 11.9 Å². The molecule has 0 radical (unpaired) electrons. The molecule has 0 aliphatic heterocycles. The average molecular weight is 315 g/mol. The molecule has 0 aromatic carbocycles. The summed E-state index contributed by atoms with van der Waals surface area (Å²) in [6, 6.07) is 0. The van der Waals surface area contributed by atoms with Gasteiger partial charge in [0.25, 0.3) is 5.95 Å². The predicted molar refractivity (Wildman–Crippen MR) is 84.3 cm³/mol. The Hall–Kier alpha value is -1.63. The average Bonchev–Trinajstić information content (AvgIpc) is 2.31. The number of nitrogens with zero attached hydrogens (tertiary/aromatic N) is 5. The highest BCUT2D eigenvalue weighted by Gasteiger charge is 2.21. The Morgan fingerprint density at radius 3 is 2.24 bits per heavy atom. The lowest BCUT2D eigenvalue weighted by molar-refractivity contribution is -0.129. The standard InChI is InChI=1S/C13H23ClN6O/c1-7-19(9(3)21)20(8-2)12-16-10(14)15-11(17-12)18-13(4,5)6/h7-8H2,1-6H3,(H,15,16,17,18). The van der Waals surface area contributed by atoms with Gasteiger partial charge in [-0.15, -0.1) is 0 Å². The third kappa shape index (κ3) is 5.00. The van der Waals surface area contributed by atoms with Crippen LogP contribution in [0.25, 0.3) is 0 Å². The molecule has 0 fully saturated rings. The SMILES string of the molecule is CCN(C(C)=O)N(CC)c1nc(Cl)nc(NC(C)(C)C)n1. The van der Waals surface area contributed by atoms with Gasteiger partial charge in [-0.3, -0.25) is 9.80 Å². The van der Waals surface area contributed by atoms with Gasteiger partial charge in [-0.2, -0.15) is 15.0 Å². The van der Waals surface area contributed by atoms with Gasteiger partial charge in [-0.05, 0) is 46.2 Å². The lowest BCUT2D eigenvalue weighted by Crippen LogP contribution is -2.46. The normalized spacial score (nSPS) is 11.2. The highest BCUT2D eigenvalue weighted by molar-refractivity contribution is 6.28. The minimum atomic E-state index is -0.204. The quantitative estimate of drug-likeness (QED) is 0.841. The summed E-state index contributed by atoms with van der Waals surface area (Å²) in [6.07, 6.45) is 0. The first kappa shape index (κ1) is 17.4. The lowest BCUT2D eigenvalue weighted by atomic mass is 10.1. The molecule has 1 aromatic rings. The van der Waals surface area contributed by atoms with Crippen LogP contribution in [0.1, 0.15) is 41.5 Å². The summed E-state index contributed by atoms with van der Waals surface area (Å²) >= 11 is 5.98. The van der Waals surface area contributed by atoms with Crippen LogP contribution < -0.4 is 10.3 Å². The molecule has 0 bridgehead atoms. The minimum absolute atomic E-state index is 0.0822. The monoisotopic (exact) mass is 314 g/mol. The van der Waals surface area contributed by atoms with Crippen LogP contribution in [-0.4, -0.2) is 44.5 Å². The van der Waals surface area contributed by atoms with Crippen molar-refractivity contribution in [2.24, 2.45) is 0 Å². The number of halogens is 1. The van der Waals surface area contributed by atoms with Gasteiger partial charge in [0.2, 0.25) is 17.1 Å². The Bertz CT molecular complexity index is 502. The molecule has 8 heteroatoms. The lowest BCUT2D eigenvalue weighted by Gasteiger charge is -2.32. The number of rotatable bonds is 5. The van der Waals surface area contributed by atoms with Gasteiger partial charge in [0.05, 0.1) is 0 Å². The van der Waals surface area contributed by atoms with Crippen LogP contribution >= 0.6 is 11.6 Å². The van der Waals surface area contributed by atoms with Crippen molar-refractivity contribution in [2.75, 3.05) is 23.4 Å². The van der Waals surface area contributed by atoms with E-state index < -0.39 is 0 Å². The number of carbonyl (C=O) groups excluding carboxylic acids is 1. The first-order valence-electron chi connectivity index (χ1n) is 6.93. The van der Waals surface area contributed by atoms with Crippen molar-refractivity contribution in [2.45, 2.75) is 47.1 Å². The third-order valence-electron chi connectivity index (χ3n) is 2.57.